The van der Waals surface area contributed by atoms with Crippen LogP contribution in [0.25, 0.3) is 0 Å². The van der Waals surface area contributed by atoms with E-state index in [4.69, 9.17) is 24.7 Å². The Balaban J connectivity index is 2.18. The third kappa shape index (κ3) is 9.25. The number of anilines is 1. The number of amides is 1. The summed E-state index contributed by atoms with van der Waals surface area (Å²) in [5.41, 5.74) is 5.51. The van der Waals surface area contributed by atoms with E-state index in [0.29, 0.717) is 24.6 Å². The van der Waals surface area contributed by atoms with Gasteiger partial charge in [0.1, 0.15) is 11.4 Å². The van der Waals surface area contributed by atoms with Crippen molar-refractivity contribution in [2.24, 2.45) is 0 Å². The van der Waals surface area contributed by atoms with Crippen molar-refractivity contribution in [1.82, 2.24) is 5.32 Å². The van der Waals surface area contributed by atoms with Gasteiger partial charge in [0.15, 0.2) is 9.84 Å². The van der Waals surface area contributed by atoms with Gasteiger partial charge in [0.2, 0.25) is 0 Å². The van der Waals surface area contributed by atoms with E-state index >= 15 is 0 Å². The summed E-state index contributed by atoms with van der Waals surface area (Å²) in [4.78, 5) is 11.5. The number of methoxy groups -OCH3 is 1. The Kier molecular flexibility index (Phi) is 9.50. The van der Waals surface area contributed by atoms with Gasteiger partial charge in [-0.15, -0.1) is 0 Å². The number of hydrogen-bond acceptors (Lipinski definition) is 8. The molecule has 1 rings (SSSR count). The van der Waals surface area contributed by atoms with Gasteiger partial charge in [-0.05, 0) is 32.9 Å². The van der Waals surface area contributed by atoms with Crippen molar-refractivity contribution in [2.45, 2.75) is 31.3 Å². The summed E-state index contributed by atoms with van der Waals surface area (Å²) in [5.74, 6) is 0.149. The van der Waals surface area contributed by atoms with E-state index in [-0.39, 0.29) is 30.5 Å². The summed E-state index contributed by atoms with van der Waals surface area (Å²) in [5, 5.41) is 2.57. The number of carbonyl (C=O) groups is 1. The zero-order chi connectivity index (χ0) is 21.2. The van der Waals surface area contributed by atoms with E-state index in [1.807, 2.05) is 0 Å². The van der Waals surface area contributed by atoms with Crippen molar-refractivity contribution in [1.29, 1.82) is 0 Å². The van der Waals surface area contributed by atoms with E-state index in [1.54, 1.807) is 20.8 Å². The molecule has 0 saturated heterocycles. The maximum absolute atomic E-state index is 12.3. The van der Waals surface area contributed by atoms with Gasteiger partial charge < -0.3 is 30.0 Å². The second kappa shape index (κ2) is 11.1. The average Bonchev–Trinajstić information content (AvgIpc) is 2.59. The molecular weight excluding hydrogens is 388 g/mol. The maximum atomic E-state index is 12.3. The molecule has 0 heterocycles. The van der Waals surface area contributed by atoms with Gasteiger partial charge in [-0.3, -0.25) is 0 Å². The highest BCUT2D eigenvalue weighted by molar-refractivity contribution is 7.91. The standard InChI is InChI=1S/C18H30N2O7S/c1-18(2,3)27-17(21)20-7-8-25-9-10-26-11-12-28(22,23)14-5-6-15(19)16(13-14)24-4/h5-6,13H,7-12,19H2,1-4H3,(H,20,21). The van der Waals surface area contributed by atoms with Crippen molar-refractivity contribution >= 4 is 21.6 Å². The van der Waals surface area contributed by atoms with Gasteiger partial charge >= 0.3 is 6.09 Å². The number of ether oxygens (including phenoxy) is 4. The van der Waals surface area contributed by atoms with Crippen LogP contribution in [-0.4, -0.2) is 65.9 Å². The predicted molar refractivity (Wildman–Crippen MR) is 105 cm³/mol. The first-order valence-corrected chi connectivity index (χ1v) is 10.5. The topological polar surface area (TPSA) is 126 Å². The number of nitrogens with one attached hydrogen (secondary N) is 1. The van der Waals surface area contributed by atoms with Crippen molar-refractivity contribution < 1.29 is 32.2 Å². The molecule has 0 atom stereocenters. The second-order valence-corrected chi connectivity index (χ2v) is 8.99. The highest BCUT2D eigenvalue weighted by Crippen LogP contribution is 2.25. The Bertz CT molecular complexity index is 730. The third-order valence-corrected chi connectivity index (χ3v) is 5.02. The first kappa shape index (κ1) is 24.0. The average molecular weight is 419 g/mol. The molecule has 10 heteroatoms. The van der Waals surface area contributed by atoms with Crippen LogP contribution in [0.1, 0.15) is 20.8 Å². The fraction of sp³-hybridized carbons (Fsp3) is 0.611. The molecule has 0 aliphatic rings. The van der Waals surface area contributed by atoms with Crippen LogP contribution < -0.4 is 15.8 Å². The van der Waals surface area contributed by atoms with Crippen molar-refractivity contribution in [3.8, 4) is 5.75 Å². The number of benzene rings is 1. The Morgan fingerprint density at radius 2 is 1.75 bits per heavy atom. The Morgan fingerprint density at radius 3 is 2.36 bits per heavy atom. The molecular formula is C18H30N2O7S. The molecule has 0 aliphatic heterocycles. The van der Waals surface area contributed by atoms with Gasteiger partial charge in [0.25, 0.3) is 0 Å². The van der Waals surface area contributed by atoms with Crippen LogP contribution in [-0.2, 0) is 24.0 Å². The van der Waals surface area contributed by atoms with Crippen molar-refractivity contribution in [3.05, 3.63) is 18.2 Å². The molecule has 160 valence electrons. The first-order valence-electron chi connectivity index (χ1n) is 8.84. The van der Waals surface area contributed by atoms with Crippen LogP contribution in [0.4, 0.5) is 10.5 Å². The van der Waals surface area contributed by atoms with Crippen LogP contribution in [0, 0.1) is 0 Å². The molecule has 3 N–H and O–H groups in total. The normalized spacial score (nSPS) is 11.9. The molecule has 0 bridgehead atoms. The molecule has 0 spiro atoms. The molecule has 28 heavy (non-hydrogen) atoms. The first-order chi connectivity index (χ1) is 13.0. The van der Waals surface area contributed by atoms with Gasteiger partial charge in [-0.2, -0.15) is 0 Å². The lowest BCUT2D eigenvalue weighted by molar-refractivity contribution is 0.0423. The quantitative estimate of drug-likeness (QED) is 0.410. The van der Waals surface area contributed by atoms with Crippen LogP contribution in [0.3, 0.4) is 0 Å². The number of carbonyl (C=O) groups excluding carboxylic acids is 1. The molecule has 1 aromatic rings. The maximum Gasteiger partial charge on any atom is 0.407 e. The zero-order valence-electron chi connectivity index (χ0n) is 16.8. The summed E-state index contributed by atoms with van der Waals surface area (Å²) in [6.07, 6.45) is -0.503. The largest absolute Gasteiger partial charge is 0.495 e. The number of rotatable bonds is 11. The summed E-state index contributed by atoms with van der Waals surface area (Å²) in [6, 6.07) is 4.32. The number of alkyl carbamates (subject to hydrolysis) is 1. The van der Waals surface area contributed by atoms with Crippen LogP contribution in [0.15, 0.2) is 23.1 Å². The molecule has 0 unspecified atom stereocenters. The minimum Gasteiger partial charge on any atom is -0.495 e. The Labute approximate surface area is 166 Å². The monoisotopic (exact) mass is 418 g/mol. The Hall–Kier alpha value is -2.04. The third-order valence-electron chi connectivity index (χ3n) is 3.35. The zero-order valence-corrected chi connectivity index (χ0v) is 17.6. The van der Waals surface area contributed by atoms with Crippen LogP contribution >= 0.6 is 0 Å². The number of nitrogen functional groups attached to an aromatic ring is 1. The molecule has 0 aromatic heterocycles. The molecule has 0 saturated carbocycles. The SMILES string of the molecule is COc1cc(S(=O)(=O)CCOCCOCCNC(=O)OC(C)(C)C)ccc1N. The number of nitrogens with two attached hydrogens (primary N) is 1. The van der Waals surface area contributed by atoms with E-state index in [0.717, 1.165) is 0 Å². The fourth-order valence-corrected chi connectivity index (χ4v) is 3.17. The van der Waals surface area contributed by atoms with E-state index in [2.05, 4.69) is 5.32 Å². The fourth-order valence-electron chi connectivity index (χ4n) is 2.03. The molecule has 0 fully saturated rings. The highest BCUT2D eigenvalue weighted by Gasteiger charge is 2.17. The van der Waals surface area contributed by atoms with Gasteiger partial charge in [0.05, 0.1) is 49.9 Å². The molecule has 1 amide bonds. The number of sulfone groups is 1. The van der Waals surface area contributed by atoms with Crippen LogP contribution in [0.5, 0.6) is 5.75 Å². The lowest BCUT2D eigenvalue weighted by atomic mass is 10.2. The summed E-state index contributed by atoms with van der Waals surface area (Å²) in [7, 11) is -2.07. The highest BCUT2D eigenvalue weighted by atomic mass is 32.2. The molecule has 0 aliphatic carbocycles. The minimum atomic E-state index is -3.50. The van der Waals surface area contributed by atoms with Crippen LogP contribution in [0.2, 0.25) is 0 Å². The Morgan fingerprint density at radius 1 is 1.11 bits per heavy atom. The molecule has 9 nitrogen and oxygen atoms in total. The van der Waals surface area contributed by atoms with E-state index in [9.17, 15) is 13.2 Å². The van der Waals surface area contributed by atoms with Crippen molar-refractivity contribution in [2.75, 3.05) is 51.6 Å². The second-order valence-electron chi connectivity index (χ2n) is 6.88. The predicted octanol–water partition coefficient (Wildman–Crippen LogP) is 1.61. The summed E-state index contributed by atoms with van der Waals surface area (Å²) < 4.78 is 45.3. The molecule has 0 radical (unpaired) electrons. The lowest BCUT2D eigenvalue weighted by Gasteiger charge is -2.19. The smallest absolute Gasteiger partial charge is 0.407 e. The summed E-state index contributed by atoms with van der Waals surface area (Å²) in [6.45, 7) is 6.51. The van der Waals surface area contributed by atoms with Crippen molar-refractivity contribution in [3.63, 3.8) is 0 Å². The molecule has 1 aromatic carbocycles. The number of hydrogen-bond donors (Lipinski definition) is 2. The van der Waals surface area contributed by atoms with Gasteiger partial charge in [-0.1, -0.05) is 0 Å². The summed E-state index contributed by atoms with van der Waals surface area (Å²) >= 11 is 0. The lowest BCUT2D eigenvalue weighted by Crippen LogP contribution is -2.34. The van der Waals surface area contributed by atoms with E-state index < -0.39 is 21.5 Å². The van der Waals surface area contributed by atoms with E-state index in [1.165, 1.54) is 25.3 Å². The minimum absolute atomic E-state index is 0.0363. The van der Waals surface area contributed by atoms with Gasteiger partial charge in [-0.25, -0.2) is 13.2 Å². The van der Waals surface area contributed by atoms with Gasteiger partial charge in [0, 0.05) is 12.6 Å².